The van der Waals surface area contributed by atoms with E-state index in [9.17, 15) is 9.70 Å². The molecule has 0 spiro atoms. The van der Waals surface area contributed by atoms with E-state index in [1.807, 2.05) is 0 Å². The molecule has 2 aromatic carbocycles. The summed E-state index contributed by atoms with van der Waals surface area (Å²) < 4.78 is 7.18. The molecule has 1 heterocycles. The largest absolute Gasteiger partial charge is 0.461 e. The van der Waals surface area contributed by atoms with Crippen molar-refractivity contribution >= 4 is 50.8 Å². The number of carbonyl (C=O) groups is 1. The van der Waals surface area contributed by atoms with Gasteiger partial charge in [-0.3, -0.25) is 0 Å². The van der Waals surface area contributed by atoms with Gasteiger partial charge in [0.15, 0.2) is 5.69 Å². The van der Waals surface area contributed by atoms with E-state index in [0.29, 0.717) is 27.0 Å². The molecule has 3 aromatic rings. The molecule has 6 nitrogen and oxygen atoms in total. The first kappa shape index (κ1) is 19.5. The average Bonchev–Trinajstić information content (AvgIpc) is 3.02. The molecule has 0 atom stereocenters. The molecule has 0 unspecified atom stereocenters. The van der Waals surface area contributed by atoms with Gasteiger partial charge < -0.3 is 4.74 Å². The zero-order valence-electron chi connectivity index (χ0n) is 13.9. The monoisotopic (exact) mass is 467 g/mol. The van der Waals surface area contributed by atoms with Crippen molar-refractivity contribution in [1.29, 1.82) is 0 Å². The molecule has 0 bridgehead atoms. The Bertz CT molecular complexity index is 1020. The number of halogens is 3. The van der Waals surface area contributed by atoms with Crippen LogP contribution in [-0.4, -0.2) is 22.4 Å². The summed E-state index contributed by atoms with van der Waals surface area (Å²) in [6.45, 7) is 1.80. The van der Waals surface area contributed by atoms with Gasteiger partial charge in [0, 0.05) is 15.1 Å². The number of esters is 1. The highest BCUT2D eigenvalue weighted by Crippen LogP contribution is 2.38. The Hall–Kier alpha value is -2.22. The molecule has 0 fully saturated rings. The molecule has 0 aliphatic rings. The molecule has 0 saturated heterocycles. The van der Waals surface area contributed by atoms with Gasteiger partial charge in [-0.2, -0.15) is 5.10 Å². The molecule has 1 aromatic heterocycles. The molecular formula is C18H12BrCl2N3O3. The van der Waals surface area contributed by atoms with Crippen LogP contribution in [0.3, 0.4) is 0 Å². The molecule has 0 aliphatic carbocycles. The van der Waals surface area contributed by atoms with E-state index in [-0.39, 0.29) is 18.0 Å². The lowest BCUT2D eigenvalue weighted by atomic mass is 10.1. The Labute approximate surface area is 173 Å². The van der Waals surface area contributed by atoms with Crippen molar-refractivity contribution in [2.75, 3.05) is 6.61 Å². The van der Waals surface area contributed by atoms with Crippen LogP contribution in [0.1, 0.15) is 17.4 Å². The molecule has 138 valence electrons. The van der Waals surface area contributed by atoms with Gasteiger partial charge in [0.25, 0.3) is 0 Å². The minimum Gasteiger partial charge on any atom is -0.461 e. The topological polar surface area (TPSA) is 73.5 Å². The Kier molecular flexibility index (Phi) is 5.94. The molecule has 27 heavy (non-hydrogen) atoms. The van der Waals surface area contributed by atoms with E-state index in [1.54, 1.807) is 49.4 Å². The highest BCUT2D eigenvalue weighted by Gasteiger charge is 2.27. The third-order valence-electron chi connectivity index (χ3n) is 3.68. The second kappa shape index (κ2) is 8.21. The van der Waals surface area contributed by atoms with Crippen LogP contribution in [0, 0.1) is 4.91 Å². The smallest absolute Gasteiger partial charge is 0.361 e. The van der Waals surface area contributed by atoms with Gasteiger partial charge in [-0.25, -0.2) is 9.48 Å². The number of benzene rings is 2. The van der Waals surface area contributed by atoms with Crippen LogP contribution in [0.5, 0.6) is 0 Å². The molecule has 0 aliphatic heterocycles. The van der Waals surface area contributed by atoms with E-state index >= 15 is 0 Å². The average molecular weight is 469 g/mol. The summed E-state index contributed by atoms with van der Waals surface area (Å²) in [6.07, 6.45) is 0. The third kappa shape index (κ3) is 3.90. The number of rotatable bonds is 5. The maximum Gasteiger partial charge on any atom is 0.361 e. The lowest BCUT2D eigenvalue weighted by molar-refractivity contribution is 0.0520. The predicted molar refractivity (Wildman–Crippen MR) is 108 cm³/mol. The van der Waals surface area contributed by atoms with Crippen molar-refractivity contribution in [1.82, 2.24) is 9.78 Å². The van der Waals surface area contributed by atoms with Crippen molar-refractivity contribution in [3.8, 4) is 16.9 Å². The summed E-state index contributed by atoms with van der Waals surface area (Å²) in [5, 5.41) is 8.22. The highest BCUT2D eigenvalue weighted by atomic mass is 79.9. The van der Waals surface area contributed by atoms with Crippen LogP contribution < -0.4 is 0 Å². The molecule has 0 saturated carbocycles. The summed E-state index contributed by atoms with van der Waals surface area (Å²) in [5.41, 5.74) is 1.07. The number of aromatic nitrogens is 2. The van der Waals surface area contributed by atoms with Crippen LogP contribution in [0.2, 0.25) is 10.0 Å². The second-order valence-electron chi connectivity index (χ2n) is 5.37. The molecule has 3 rings (SSSR count). The molecule has 9 heteroatoms. The van der Waals surface area contributed by atoms with E-state index in [2.05, 4.69) is 26.2 Å². The molecule has 0 radical (unpaired) electrons. The predicted octanol–water partition coefficient (Wildman–Crippen LogP) is 6.18. The Morgan fingerprint density at radius 1 is 1.22 bits per heavy atom. The van der Waals surface area contributed by atoms with Crippen molar-refractivity contribution in [3.05, 3.63) is 67.6 Å². The number of hydrogen-bond donors (Lipinski definition) is 0. The van der Waals surface area contributed by atoms with Gasteiger partial charge in [-0.1, -0.05) is 51.3 Å². The number of ether oxygens (including phenoxy) is 1. The summed E-state index contributed by atoms with van der Waals surface area (Å²) in [7, 11) is 0. The lowest BCUT2D eigenvalue weighted by Gasteiger charge is -2.10. The van der Waals surface area contributed by atoms with Gasteiger partial charge >= 0.3 is 5.97 Å². The summed E-state index contributed by atoms with van der Waals surface area (Å²) in [4.78, 5) is 23.9. The van der Waals surface area contributed by atoms with Gasteiger partial charge in [0.05, 0.1) is 17.3 Å². The van der Waals surface area contributed by atoms with Crippen LogP contribution in [0.25, 0.3) is 16.9 Å². The standard InChI is InChI=1S/C18H12BrCl2N3O3/c1-2-27-18(25)16-15(23-26)17(10-3-6-12(20)7-4-10)24(22-16)14-8-5-11(19)9-13(14)21/h3-9H,2H2,1H3. The van der Waals surface area contributed by atoms with E-state index < -0.39 is 5.97 Å². The van der Waals surface area contributed by atoms with E-state index in [4.69, 9.17) is 27.9 Å². The fraction of sp³-hybridized carbons (Fsp3) is 0.111. The van der Waals surface area contributed by atoms with Gasteiger partial charge in [0.1, 0.15) is 5.69 Å². The van der Waals surface area contributed by atoms with Crippen LogP contribution >= 0.6 is 39.1 Å². The molecule has 0 N–H and O–H groups in total. The zero-order valence-corrected chi connectivity index (χ0v) is 17.0. The first-order valence-electron chi connectivity index (χ1n) is 7.81. The number of nitrogens with zero attached hydrogens (tertiary/aromatic N) is 3. The Balaban J connectivity index is 2.32. The van der Waals surface area contributed by atoms with Gasteiger partial charge in [0.2, 0.25) is 5.69 Å². The van der Waals surface area contributed by atoms with Crippen molar-refractivity contribution < 1.29 is 9.53 Å². The zero-order chi connectivity index (χ0) is 19.6. The van der Waals surface area contributed by atoms with Crippen molar-refractivity contribution in [2.45, 2.75) is 6.92 Å². The van der Waals surface area contributed by atoms with Crippen LogP contribution in [0.15, 0.2) is 52.1 Å². The first-order chi connectivity index (χ1) is 13.0. The van der Waals surface area contributed by atoms with Crippen LogP contribution in [0.4, 0.5) is 5.69 Å². The third-order valence-corrected chi connectivity index (χ3v) is 4.72. The fourth-order valence-electron chi connectivity index (χ4n) is 2.53. The van der Waals surface area contributed by atoms with Gasteiger partial charge in [-0.05, 0) is 42.4 Å². The second-order valence-corrected chi connectivity index (χ2v) is 7.13. The summed E-state index contributed by atoms with van der Waals surface area (Å²) >= 11 is 15.7. The number of hydrogen-bond acceptors (Lipinski definition) is 5. The Morgan fingerprint density at radius 2 is 1.93 bits per heavy atom. The van der Waals surface area contributed by atoms with Gasteiger partial charge in [-0.15, -0.1) is 4.91 Å². The maximum absolute atomic E-state index is 12.3. The molecule has 0 amide bonds. The van der Waals surface area contributed by atoms with Crippen molar-refractivity contribution in [3.63, 3.8) is 0 Å². The minimum atomic E-state index is -0.741. The van der Waals surface area contributed by atoms with Crippen LogP contribution in [-0.2, 0) is 4.74 Å². The normalized spacial score (nSPS) is 10.7. The number of nitroso groups, excluding NO2 is 1. The van der Waals surface area contributed by atoms with E-state index in [0.717, 1.165) is 4.47 Å². The quantitative estimate of drug-likeness (QED) is 0.330. The Morgan fingerprint density at radius 3 is 2.52 bits per heavy atom. The fourth-order valence-corrected chi connectivity index (χ4v) is 3.41. The summed E-state index contributed by atoms with van der Waals surface area (Å²) in [5.74, 6) is -0.741. The first-order valence-corrected chi connectivity index (χ1v) is 9.36. The minimum absolute atomic E-state index is 0.130. The van der Waals surface area contributed by atoms with E-state index in [1.165, 1.54) is 4.68 Å². The lowest BCUT2D eigenvalue weighted by Crippen LogP contribution is -2.07. The number of carbonyl (C=O) groups excluding carboxylic acids is 1. The molecular weight excluding hydrogens is 457 g/mol. The SMILES string of the molecule is CCOC(=O)c1nn(-c2ccc(Br)cc2Cl)c(-c2ccc(Cl)cc2)c1N=O. The summed E-state index contributed by atoms with van der Waals surface area (Å²) in [6, 6.07) is 11.9. The highest BCUT2D eigenvalue weighted by molar-refractivity contribution is 9.10. The maximum atomic E-state index is 12.3. The van der Waals surface area contributed by atoms with Crippen molar-refractivity contribution in [2.24, 2.45) is 5.18 Å².